The largest absolute Gasteiger partial charge is 0.456 e. The van der Waals surface area contributed by atoms with E-state index in [1.807, 2.05) is 24.3 Å². The van der Waals surface area contributed by atoms with E-state index in [2.05, 4.69) is 19.2 Å². The van der Waals surface area contributed by atoms with Crippen LogP contribution in [0.1, 0.15) is 35.7 Å². The monoisotopic (exact) mass is 417 g/mol. The molecule has 0 radical (unpaired) electrons. The lowest BCUT2D eigenvalue weighted by atomic mass is 10.0. The highest BCUT2D eigenvalue weighted by atomic mass is 35.5. The summed E-state index contributed by atoms with van der Waals surface area (Å²) >= 11 is 5.95. The Hall–Kier alpha value is -3.37. The highest BCUT2D eigenvalue weighted by molar-refractivity contribution is 6.31. The van der Waals surface area contributed by atoms with Gasteiger partial charge in [-0.3, -0.25) is 9.59 Å². The molecule has 0 atom stereocenters. The number of nitrogens with one attached hydrogen (secondary N) is 1. The van der Waals surface area contributed by atoms with Crippen molar-refractivity contribution in [1.29, 1.82) is 0 Å². The summed E-state index contributed by atoms with van der Waals surface area (Å²) in [5.41, 5.74) is 3.31. The molecule has 0 aliphatic heterocycles. The molecular formula is C25H20ClNO3. The lowest BCUT2D eigenvalue weighted by Crippen LogP contribution is -2.12. The second kappa shape index (κ2) is 8.17. The Kier molecular flexibility index (Phi) is 5.42. The van der Waals surface area contributed by atoms with Gasteiger partial charge in [0.05, 0.1) is 5.39 Å². The third kappa shape index (κ3) is 4.14. The maximum absolute atomic E-state index is 12.7. The van der Waals surface area contributed by atoms with E-state index < -0.39 is 0 Å². The molecule has 0 aliphatic rings. The minimum Gasteiger partial charge on any atom is -0.456 e. The minimum absolute atomic E-state index is 0.168. The first-order valence-corrected chi connectivity index (χ1v) is 10.0. The molecule has 4 nitrogen and oxygen atoms in total. The van der Waals surface area contributed by atoms with Gasteiger partial charge < -0.3 is 9.73 Å². The van der Waals surface area contributed by atoms with Gasteiger partial charge in [-0.1, -0.05) is 55.8 Å². The number of hydrogen-bond acceptors (Lipinski definition) is 3. The van der Waals surface area contributed by atoms with Gasteiger partial charge in [-0.25, -0.2) is 0 Å². The molecule has 0 saturated carbocycles. The molecule has 0 fully saturated rings. The predicted octanol–water partition coefficient (Wildman–Crippen LogP) is 6.49. The van der Waals surface area contributed by atoms with Gasteiger partial charge in [0.25, 0.3) is 5.91 Å². The quantitative estimate of drug-likeness (QED) is 0.413. The van der Waals surface area contributed by atoms with Crippen LogP contribution in [0.25, 0.3) is 22.3 Å². The predicted molar refractivity (Wildman–Crippen MR) is 121 cm³/mol. The highest BCUT2D eigenvalue weighted by Crippen LogP contribution is 2.26. The van der Waals surface area contributed by atoms with E-state index in [9.17, 15) is 9.59 Å². The van der Waals surface area contributed by atoms with Gasteiger partial charge in [-0.15, -0.1) is 0 Å². The second-order valence-corrected chi connectivity index (χ2v) is 7.86. The third-order valence-corrected chi connectivity index (χ3v) is 5.17. The topological polar surface area (TPSA) is 59.3 Å². The van der Waals surface area contributed by atoms with Gasteiger partial charge in [0, 0.05) is 27.9 Å². The van der Waals surface area contributed by atoms with Crippen molar-refractivity contribution in [2.24, 2.45) is 0 Å². The number of anilines is 1. The van der Waals surface area contributed by atoms with Crippen LogP contribution in [0, 0.1) is 0 Å². The van der Waals surface area contributed by atoms with Gasteiger partial charge in [-0.05, 0) is 47.9 Å². The molecule has 0 spiro atoms. The number of carbonyl (C=O) groups is 1. The molecule has 0 aliphatic carbocycles. The number of fused-ring (bicyclic) bond motifs is 1. The van der Waals surface area contributed by atoms with Crippen molar-refractivity contribution < 1.29 is 9.21 Å². The molecule has 1 aromatic heterocycles. The highest BCUT2D eigenvalue weighted by Gasteiger charge is 2.11. The van der Waals surface area contributed by atoms with Crippen LogP contribution in [0.2, 0.25) is 5.02 Å². The van der Waals surface area contributed by atoms with Gasteiger partial charge in [0.2, 0.25) is 0 Å². The van der Waals surface area contributed by atoms with Crippen LogP contribution in [0.3, 0.4) is 0 Å². The summed E-state index contributed by atoms with van der Waals surface area (Å²) < 4.78 is 5.96. The Morgan fingerprint density at radius 1 is 0.967 bits per heavy atom. The minimum atomic E-state index is -0.303. The maximum Gasteiger partial charge on any atom is 0.255 e. The van der Waals surface area contributed by atoms with Gasteiger partial charge in [0.1, 0.15) is 11.3 Å². The fourth-order valence-corrected chi connectivity index (χ4v) is 3.43. The standard InChI is InChI=1S/C25H20ClNO3/c1-15(2)16-6-8-17(9-7-16)24-14-22(28)21-13-20(10-11-23(21)30-24)27-25(29)18-4-3-5-19(26)12-18/h3-15H,1-2H3,(H,27,29). The van der Waals surface area contributed by atoms with Crippen molar-refractivity contribution in [2.45, 2.75) is 19.8 Å². The second-order valence-electron chi connectivity index (χ2n) is 7.43. The number of halogens is 1. The lowest BCUT2D eigenvalue weighted by Gasteiger charge is -2.09. The van der Waals surface area contributed by atoms with Crippen LogP contribution in [0.5, 0.6) is 0 Å². The maximum atomic E-state index is 12.7. The smallest absolute Gasteiger partial charge is 0.255 e. The first-order chi connectivity index (χ1) is 14.4. The van der Waals surface area contributed by atoms with E-state index in [-0.39, 0.29) is 11.3 Å². The number of benzene rings is 3. The SMILES string of the molecule is CC(C)c1ccc(-c2cc(=O)c3cc(NC(=O)c4cccc(Cl)c4)ccc3o2)cc1. The first kappa shape index (κ1) is 19.9. The van der Waals surface area contributed by atoms with Crippen LogP contribution in [-0.4, -0.2) is 5.91 Å². The van der Waals surface area contributed by atoms with E-state index in [1.165, 1.54) is 11.6 Å². The Labute approximate surface area is 179 Å². The van der Waals surface area contributed by atoms with Crippen molar-refractivity contribution in [3.8, 4) is 11.3 Å². The van der Waals surface area contributed by atoms with Crippen LogP contribution in [-0.2, 0) is 0 Å². The normalized spacial score (nSPS) is 11.1. The van der Waals surface area contributed by atoms with Crippen LogP contribution < -0.4 is 10.7 Å². The van der Waals surface area contributed by atoms with E-state index in [1.54, 1.807) is 42.5 Å². The van der Waals surface area contributed by atoms with Crippen molar-refractivity contribution in [3.05, 3.63) is 99.2 Å². The van der Waals surface area contributed by atoms with E-state index >= 15 is 0 Å². The summed E-state index contributed by atoms with van der Waals surface area (Å²) in [5, 5.41) is 3.68. The van der Waals surface area contributed by atoms with Gasteiger partial charge in [-0.2, -0.15) is 0 Å². The summed E-state index contributed by atoms with van der Waals surface area (Å²) in [4.78, 5) is 25.1. The fraction of sp³-hybridized carbons (Fsp3) is 0.120. The molecule has 0 bridgehead atoms. The number of amides is 1. The molecule has 0 unspecified atom stereocenters. The zero-order valence-corrected chi connectivity index (χ0v) is 17.4. The molecular weight excluding hydrogens is 398 g/mol. The Bertz CT molecular complexity index is 1290. The summed E-state index contributed by atoms with van der Waals surface area (Å²) in [5.74, 6) is 0.643. The summed E-state index contributed by atoms with van der Waals surface area (Å²) in [6.45, 7) is 4.27. The van der Waals surface area contributed by atoms with E-state index in [0.29, 0.717) is 38.9 Å². The van der Waals surface area contributed by atoms with E-state index in [0.717, 1.165) is 5.56 Å². The van der Waals surface area contributed by atoms with Gasteiger partial charge in [0.15, 0.2) is 5.43 Å². The fourth-order valence-electron chi connectivity index (χ4n) is 3.24. The number of hydrogen-bond donors (Lipinski definition) is 1. The molecule has 150 valence electrons. The average molecular weight is 418 g/mol. The Balaban J connectivity index is 1.64. The molecule has 5 heteroatoms. The molecule has 4 rings (SSSR count). The van der Waals surface area contributed by atoms with Gasteiger partial charge >= 0.3 is 0 Å². The zero-order valence-electron chi connectivity index (χ0n) is 16.6. The summed E-state index contributed by atoms with van der Waals surface area (Å²) in [7, 11) is 0. The number of carbonyl (C=O) groups excluding carboxylic acids is 1. The van der Waals surface area contributed by atoms with Crippen LogP contribution in [0.15, 0.2) is 82.0 Å². The molecule has 0 saturated heterocycles. The molecule has 3 aromatic carbocycles. The van der Waals surface area contributed by atoms with Crippen LogP contribution >= 0.6 is 11.6 Å². The molecule has 4 aromatic rings. The average Bonchev–Trinajstić information content (AvgIpc) is 2.74. The zero-order chi connectivity index (χ0) is 21.3. The lowest BCUT2D eigenvalue weighted by molar-refractivity contribution is 0.102. The van der Waals surface area contributed by atoms with Crippen LogP contribution in [0.4, 0.5) is 5.69 Å². The van der Waals surface area contributed by atoms with Crippen molar-refractivity contribution in [3.63, 3.8) is 0 Å². The third-order valence-electron chi connectivity index (χ3n) is 4.93. The van der Waals surface area contributed by atoms with Crippen molar-refractivity contribution in [2.75, 3.05) is 5.32 Å². The molecule has 1 heterocycles. The molecule has 1 amide bonds. The molecule has 1 N–H and O–H groups in total. The Morgan fingerprint density at radius 2 is 1.73 bits per heavy atom. The molecule has 30 heavy (non-hydrogen) atoms. The Morgan fingerprint density at radius 3 is 2.43 bits per heavy atom. The summed E-state index contributed by atoms with van der Waals surface area (Å²) in [6, 6.07) is 21.2. The van der Waals surface area contributed by atoms with Crippen molar-refractivity contribution in [1.82, 2.24) is 0 Å². The summed E-state index contributed by atoms with van der Waals surface area (Å²) in [6.07, 6.45) is 0. The first-order valence-electron chi connectivity index (χ1n) is 9.66. The van der Waals surface area contributed by atoms with Crippen molar-refractivity contribution >= 4 is 34.2 Å². The van der Waals surface area contributed by atoms with E-state index in [4.69, 9.17) is 16.0 Å². The number of rotatable bonds is 4.